The quantitative estimate of drug-likeness (QED) is 0.397. The van der Waals surface area contributed by atoms with Crippen molar-refractivity contribution in [2.45, 2.75) is 77.0 Å². The van der Waals surface area contributed by atoms with E-state index in [9.17, 15) is 48.0 Å². The molecule has 0 spiro atoms. The average molecular weight is 579 g/mol. The van der Waals surface area contributed by atoms with Crippen LogP contribution < -0.4 is 0 Å². The minimum Gasteiger partial charge on any atom is -0.508 e. The number of benzene rings is 1. The molecule has 0 unspecified atom stereocenters. The molecule has 222 valence electrons. The van der Waals surface area contributed by atoms with Crippen molar-refractivity contribution < 1.29 is 48.0 Å². The van der Waals surface area contributed by atoms with Crippen molar-refractivity contribution in [2.75, 3.05) is 14.1 Å². The van der Waals surface area contributed by atoms with Crippen molar-refractivity contribution in [2.24, 2.45) is 11.8 Å². The van der Waals surface area contributed by atoms with Crippen LogP contribution in [0.1, 0.15) is 61.4 Å². The lowest BCUT2D eigenvalue weighted by atomic mass is 9.57. The third-order valence-electron chi connectivity index (χ3n) is 9.43. The Labute approximate surface area is 234 Å². The van der Waals surface area contributed by atoms with E-state index in [1.165, 1.54) is 19.0 Å². The van der Waals surface area contributed by atoms with Crippen LogP contribution in [0.5, 0.6) is 5.75 Å². The predicted molar refractivity (Wildman–Crippen MR) is 140 cm³/mol. The standard InChI is InChI=1S/C29H33F3N2O7/c1-6-11(2)34-9-15-16(10-34)23(36)20-14(21(15)29(30,31)32)7-13-8-17-22(33(4)5)25(38)18(12(3)35)26(39)28(17,41)27(40)19(13)24(20)37/h11,13,17,22,36-37,39,41H,6-10H2,1-5H3/t11-,13-,17-,22-,28+/m0/s1. The fourth-order valence-corrected chi connectivity index (χ4v) is 7.31. The molecule has 0 saturated heterocycles. The summed E-state index contributed by atoms with van der Waals surface area (Å²) in [4.78, 5) is 42.7. The maximum absolute atomic E-state index is 14.7. The zero-order chi connectivity index (χ0) is 30.5. The van der Waals surface area contributed by atoms with E-state index in [0.717, 1.165) is 6.92 Å². The van der Waals surface area contributed by atoms with Crippen LogP contribution in [0.4, 0.5) is 13.2 Å². The first kappa shape index (κ1) is 29.3. The van der Waals surface area contributed by atoms with Crippen molar-refractivity contribution in [3.05, 3.63) is 44.7 Å². The van der Waals surface area contributed by atoms with Gasteiger partial charge in [0.2, 0.25) is 5.78 Å². The minimum atomic E-state index is -4.84. The first-order valence-electron chi connectivity index (χ1n) is 13.5. The largest absolute Gasteiger partial charge is 0.508 e. The molecular formula is C29H33F3N2O7. The molecule has 12 heteroatoms. The molecule has 0 radical (unpaired) electrons. The predicted octanol–water partition coefficient (Wildman–Crippen LogP) is 3.20. The molecule has 1 aliphatic heterocycles. The number of ketones is 3. The average Bonchev–Trinajstić information content (AvgIpc) is 3.29. The zero-order valence-electron chi connectivity index (χ0n) is 23.4. The van der Waals surface area contributed by atoms with Crippen molar-refractivity contribution >= 4 is 23.1 Å². The highest BCUT2D eigenvalue weighted by atomic mass is 19.4. The van der Waals surface area contributed by atoms with Crippen LogP contribution in [0.2, 0.25) is 0 Å². The number of rotatable bonds is 4. The van der Waals surface area contributed by atoms with Gasteiger partial charge in [0.25, 0.3) is 0 Å². The molecule has 0 amide bonds. The third kappa shape index (κ3) is 3.90. The Morgan fingerprint density at radius 2 is 1.73 bits per heavy atom. The summed E-state index contributed by atoms with van der Waals surface area (Å²) in [5, 5.41) is 45.4. The van der Waals surface area contributed by atoms with E-state index in [2.05, 4.69) is 0 Å². The molecule has 1 fully saturated rings. The van der Waals surface area contributed by atoms with E-state index in [1.807, 2.05) is 13.8 Å². The highest BCUT2D eigenvalue weighted by Crippen LogP contribution is 2.56. The maximum Gasteiger partial charge on any atom is 0.417 e. The molecule has 1 heterocycles. The lowest BCUT2D eigenvalue weighted by Gasteiger charge is -2.50. The lowest BCUT2D eigenvalue weighted by Crippen LogP contribution is -2.65. The topological polar surface area (TPSA) is 139 Å². The summed E-state index contributed by atoms with van der Waals surface area (Å²) in [5.41, 5.74) is -5.86. The molecule has 1 aromatic rings. The van der Waals surface area contributed by atoms with Gasteiger partial charge in [-0.05, 0) is 64.3 Å². The second kappa shape index (κ2) is 9.40. The summed E-state index contributed by atoms with van der Waals surface area (Å²) >= 11 is 0. The molecular weight excluding hydrogens is 545 g/mol. The molecule has 4 aliphatic rings. The molecule has 5 atom stereocenters. The summed E-state index contributed by atoms with van der Waals surface area (Å²) in [5.74, 6) is -7.88. The number of nitrogens with zero attached hydrogens (tertiary/aromatic N) is 2. The summed E-state index contributed by atoms with van der Waals surface area (Å²) in [7, 11) is 2.97. The first-order chi connectivity index (χ1) is 19.0. The molecule has 0 aromatic heterocycles. The van der Waals surface area contributed by atoms with Crippen LogP contribution in [0.15, 0.2) is 16.9 Å². The van der Waals surface area contributed by atoms with E-state index >= 15 is 0 Å². The lowest BCUT2D eigenvalue weighted by molar-refractivity contribution is -0.153. The van der Waals surface area contributed by atoms with E-state index in [0.29, 0.717) is 6.42 Å². The third-order valence-corrected chi connectivity index (χ3v) is 9.43. The number of fused-ring (bicyclic) bond motifs is 4. The smallest absolute Gasteiger partial charge is 0.417 e. The number of likely N-dealkylation sites (N-methyl/N-ethyl adjacent to an activating group) is 1. The number of alkyl halides is 3. The Morgan fingerprint density at radius 1 is 1.12 bits per heavy atom. The molecule has 1 aromatic carbocycles. The molecule has 1 saturated carbocycles. The van der Waals surface area contributed by atoms with Gasteiger partial charge < -0.3 is 20.4 Å². The Balaban J connectivity index is 1.76. The van der Waals surface area contributed by atoms with Gasteiger partial charge in [-0.1, -0.05) is 6.92 Å². The normalized spacial score (nSPS) is 29.0. The number of carbonyl (C=O) groups is 3. The van der Waals surface area contributed by atoms with Gasteiger partial charge in [0.05, 0.1) is 17.2 Å². The van der Waals surface area contributed by atoms with Gasteiger partial charge in [0, 0.05) is 36.2 Å². The minimum absolute atomic E-state index is 0.0106. The van der Waals surface area contributed by atoms with Gasteiger partial charge in [-0.15, -0.1) is 0 Å². The van der Waals surface area contributed by atoms with Crippen molar-refractivity contribution in [3.8, 4) is 5.75 Å². The fourth-order valence-electron chi connectivity index (χ4n) is 7.31. The van der Waals surface area contributed by atoms with E-state index in [4.69, 9.17) is 0 Å². The van der Waals surface area contributed by atoms with Gasteiger partial charge in [-0.2, -0.15) is 13.2 Å². The SMILES string of the molecule is CC[C@H](C)N1Cc2c(O)c3c(c(C(F)(F)F)c2C1)C[C@H]1C[C@H]2[C@H](N(C)C)C(=O)C(C(C)=O)=C(O)[C@@]2(O)C(=O)C1=C3O. The number of phenolic OH excluding ortho intramolecular Hbond substituents is 1. The van der Waals surface area contributed by atoms with Gasteiger partial charge in [0.1, 0.15) is 22.8 Å². The van der Waals surface area contributed by atoms with E-state index in [-0.39, 0.29) is 42.2 Å². The zero-order valence-corrected chi connectivity index (χ0v) is 23.4. The molecule has 5 rings (SSSR count). The maximum atomic E-state index is 14.7. The first-order valence-corrected chi connectivity index (χ1v) is 13.5. The molecule has 0 bridgehead atoms. The number of hydrogen-bond acceptors (Lipinski definition) is 9. The van der Waals surface area contributed by atoms with Crippen molar-refractivity contribution in [1.82, 2.24) is 9.80 Å². The van der Waals surface area contributed by atoms with E-state index < -0.39 is 93.0 Å². The number of aromatic hydroxyl groups is 1. The van der Waals surface area contributed by atoms with Gasteiger partial charge in [-0.3, -0.25) is 24.2 Å². The number of phenols is 1. The number of aliphatic hydroxyl groups is 3. The number of hydrogen-bond donors (Lipinski definition) is 4. The van der Waals surface area contributed by atoms with E-state index in [1.54, 1.807) is 4.90 Å². The summed E-state index contributed by atoms with van der Waals surface area (Å²) < 4.78 is 44.1. The Bertz CT molecular complexity index is 1460. The summed E-state index contributed by atoms with van der Waals surface area (Å²) in [6.45, 7) is 4.73. The Morgan fingerprint density at radius 3 is 2.27 bits per heavy atom. The van der Waals surface area contributed by atoms with Crippen LogP contribution in [0.25, 0.3) is 5.76 Å². The van der Waals surface area contributed by atoms with Crippen LogP contribution in [-0.4, -0.2) is 79.4 Å². The Hall–Kier alpha value is -3.22. The van der Waals surface area contributed by atoms with Crippen LogP contribution in [0.3, 0.4) is 0 Å². The number of carbonyl (C=O) groups excluding carboxylic acids is 3. The molecule has 4 N–H and O–H groups in total. The van der Waals surface area contributed by atoms with Crippen LogP contribution in [-0.2, 0) is 40.1 Å². The number of halogens is 3. The molecule has 3 aliphatic carbocycles. The second-order valence-corrected chi connectivity index (χ2v) is 11.8. The van der Waals surface area contributed by atoms with Crippen molar-refractivity contribution in [3.63, 3.8) is 0 Å². The summed E-state index contributed by atoms with van der Waals surface area (Å²) in [6, 6.07) is -1.33. The molecule has 9 nitrogen and oxygen atoms in total. The second-order valence-electron chi connectivity index (χ2n) is 11.8. The van der Waals surface area contributed by atoms with Gasteiger partial charge >= 0.3 is 6.18 Å². The van der Waals surface area contributed by atoms with Gasteiger partial charge in [-0.25, -0.2) is 0 Å². The van der Waals surface area contributed by atoms with Crippen LogP contribution >= 0.6 is 0 Å². The Kier molecular flexibility index (Phi) is 6.71. The van der Waals surface area contributed by atoms with Crippen LogP contribution in [0, 0.1) is 11.8 Å². The summed E-state index contributed by atoms with van der Waals surface area (Å²) in [6.07, 6.45) is -4.83. The van der Waals surface area contributed by atoms with Gasteiger partial charge in [0.15, 0.2) is 17.2 Å². The fraction of sp³-hybridized carbons (Fsp3) is 0.552. The highest BCUT2D eigenvalue weighted by Gasteiger charge is 2.64. The highest BCUT2D eigenvalue weighted by molar-refractivity contribution is 6.25. The molecule has 41 heavy (non-hydrogen) atoms. The van der Waals surface area contributed by atoms with Crippen molar-refractivity contribution in [1.29, 1.82) is 0 Å². The number of aliphatic hydroxyl groups excluding tert-OH is 2. The number of Topliss-reactive ketones (excluding diaryl/α,β-unsaturated/α-hetero) is 3. The monoisotopic (exact) mass is 578 g/mol.